The van der Waals surface area contributed by atoms with Crippen molar-refractivity contribution in [3.05, 3.63) is 53.6 Å². The molecule has 0 aliphatic carbocycles. The van der Waals surface area contributed by atoms with Crippen LogP contribution in [0.5, 0.6) is 11.5 Å². The van der Waals surface area contributed by atoms with Crippen LogP contribution in [-0.4, -0.2) is 19.2 Å². The second-order valence-electron chi connectivity index (χ2n) is 5.81. The smallest absolute Gasteiger partial charge is 0.263 e. The molecule has 6 nitrogen and oxygen atoms in total. The van der Waals surface area contributed by atoms with Crippen molar-refractivity contribution in [3.8, 4) is 29.2 Å². The minimum absolute atomic E-state index is 0.345. The summed E-state index contributed by atoms with van der Waals surface area (Å²) in [4.78, 5) is 4.59. The molecule has 1 unspecified atom stereocenters. The number of oxazole rings is 1. The molecule has 0 saturated heterocycles. The lowest BCUT2D eigenvalue weighted by Crippen LogP contribution is -2.27. The van der Waals surface area contributed by atoms with Gasteiger partial charge in [-0.3, -0.25) is 0 Å². The van der Waals surface area contributed by atoms with Crippen LogP contribution in [-0.2, 0) is 5.41 Å². The molecule has 0 bridgehead atoms. The lowest BCUT2D eigenvalue weighted by atomic mass is 9.75. The summed E-state index contributed by atoms with van der Waals surface area (Å²) in [5.41, 5.74) is 0.186. The molecule has 0 radical (unpaired) electrons. The molecule has 134 valence electrons. The second-order valence-corrected chi connectivity index (χ2v) is 5.81. The number of hydrogen-bond acceptors (Lipinski definition) is 6. The highest BCUT2D eigenvalue weighted by Gasteiger charge is 2.41. The summed E-state index contributed by atoms with van der Waals surface area (Å²) in [5.74, 6) is 2.49. The maximum atomic E-state index is 10.2. The highest BCUT2D eigenvalue weighted by Crippen LogP contribution is 2.45. The highest BCUT2D eigenvalue weighted by molar-refractivity contribution is 5.58. The lowest BCUT2D eigenvalue weighted by molar-refractivity contribution is 0.347. The number of rotatable bonds is 6. The van der Waals surface area contributed by atoms with Crippen molar-refractivity contribution in [3.63, 3.8) is 0 Å². The fourth-order valence-electron chi connectivity index (χ4n) is 3.20. The number of aromatic nitrogens is 1. The number of methoxy groups -OCH3 is 2. The molecule has 0 aliphatic heterocycles. The predicted molar refractivity (Wildman–Crippen MR) is 95.2 cm³/mol. The van der Waals surface area contributed by atoms with Gasteiger partial charge < -0.3 is 18.3 Å². The summed E-state index contributed by atoms with van der Waals surface area (Å²) in [6.07, 6.45) is 2.04. The van der Waals surface area contributed by atoms with Gasteiger partial charge in [-0.05, 0) is 31.5 Å². The van der Waals surface area contributed by atoms with Crippen LogP contribution in [0.15, 0.2) is 45.4 Å². The monoisotopic (exact) mass is 352 g/mol. The number of furan rings is 1. The minimum Gasteiger partial charge on any atom is -0.493 e. The molecule has 6 heteroatoms. The van der Waals surface area contributed by atoms with Crippen molar-refractivity contribution in [1.82, 2.24) is 4.98 Å². The largest absolute Gasteiger partial charge is 0.493 e. The Bertz CT molecular complexity index is 937. The summed E-state index contributed by atoms with van der Waals surface area (Å²) >= 11 is 0. The normalized spacial score (nSPS) is 13.0. The Balaban J connectivity index is 2.24. The number of nitriles is 1. The average molecular weight is 352 g/mol. The summed E-state index contributed by atoms with van der Waals surface area (Å²) < 4.78 is 22.1. The van der Waals surface area contributed by atoms with E-state index in [9.17, 15) is 5.26 Å². The SMILES string of the molecule is CCC(C#N)(c1cccc(OC)c1OC)c1nc(-c2ccco2)oc1C. The fraction of sp³-hybridized carbons (Fsp3) is 0.300. The van der Waals surface area contributed by atoms with E-state index in [-0.39, 0.29) is 0 Å². The maximum Gasteiger partial charge on any atom is 0.263 e. The molecule has 0 fully saturated rings. The zero-order valence-corrected chi connectivity index (χ0v) is 15.2. The van der Waals surface area contributed by atoms with Crippen LogP contribution in [0.25, 0.3) is 11.7 Å². The molecule has 2 heterocycles. The first-order valence-corrected chi connectivity index (χ1v) is 8.25. The van der Waals surface area contributed by atoms with Gasteiger partial charge in [-0.2, -0.15) is 5.26 Å². The number of ether oxygens (including phenoxy) is 2. The van der Waals surface area contributed by atoms with Crippen LogP contribution < -0.4 is 9.47 Å². The zero-order chi connectivity index (χ0) is 18.7. The summed E-state index contributed by atoms with van der Waals surface area (Å²) in [6, 6.07) is 11.4. The molecule has 0 aliphatic rings. The lowest BCUT2D eigenvalue weighted by Gasteiger charge is -2.26. The van der Waals surface area contributed by atoms with Crippen LogP contribution in [0.4, 0.5) is 0 Å². The zero-order valence-electron chi connectivity index (χ0n) is 15.2. The van der Waals surface area contributed by atoms with E-state index in [4.69, 9.17) is 18.3 Å². The van der Waals surface area contributed by atoms with Gasteiger partial charge in [0, 0.05) is 5.56 Å². The molecule has 0 spiro atoms. The first kappa shape index (κ1) is 17.6. The molecule has 2 aromatic heterocycles. The minimum atomic E-state index is -1.04. The van der Waals surface area contributed by atoms with Crippen molar-refractivity contribution in [2.75, 3.05) is 14.2 Å². The number of aryl methyl sites for hydroxylation is 1. The van der Waals surface area contributed by atoms with Gasteiger partial charge in [0.25, 0.3) is 5.89 Å². The van der Waals surface area contributed by atoms with Crippen molar-refractivity contribution >= 4 is 0 Å². The average Bonchev–Trinajstić information content (AvgIpc) is 3.33. The third-order valence-corrected chi connectivity index (χ3v) is 4.52. The Morgan fingerprint density at radius 3 is 2.58 bits per heavy atom. The first-order chi connectivity index (χ1) is 12.6. The van der Waals surface area contributed by atoms with E-state index in [2.05, 4.69) is 11.1 Å². The Labute approximate surface area is 152 Å². The van der Waals surface area contributed by atoms with Crippen LogP contribution in [0, 0.1) is 18.3 Å². The number of hydrogen-bond donors (Lipinski definition) is 0. The molecule has 1 aromatic carbocycles. The quantitative estimate of drug-likeness (QED) is 0.650. The first-order valence-electron chi connectivity index (χ1n) is 8.25. The second kappa shape index (κ2) is 6.96. The molecular weight excluding hydrogens is 332 g/mol. The standard InChI is InChI=1S/C20H20N2O4/c1-5-20(12-21,14-8-6-9-15(23-3)17(14)24-4)18-13(2)26-19(22-18)16-10-7-11-25-16/h6-11H,5H2,1-4H3. The summed E-state index contributed by atoms with van der Waals surface area (Å²) in [7, 11) is 3.13. The van der Waals surface area contributed by atoms with Gasteiger partial charge in [0.05, 0.1) is 26.6 Å². The van der Waals surface area contributed by atoms with E-state index in [1.807, 2.05) is 19.1 Å². The summed E-state index contributed by atoms with van der Waals surface area (Å²) in [6.45, 7) is 3.73. The maximum absolute atomic E-state index is 10.2. The molecule has 0 amide bonds. The van der Waals surface area contributed by atoms with Gasteiger partial charge in [-0.25, -0.2) is 4.98 Å². The Hall–Kier alpha value is -3.20. The predicted octanol–water partition coefficient (Wildman–Crippen LogP) is 4.48. The number of benzene rings is 1. The third-order valence-electron chi connectivity index (χ3n) is 4.52. The topological polar surface area (TPSA) is 81.4 Å². The van der Waals surface area contributed by atoms with E-state index < -0.39 is 5.41 Å². The van der Waals surface area contributed by atoms with Gasteiger partial charge in [-0.15, -0.1) is 0 Å². The third kappa shape index (κ3) is 2.62. The summed E-state index contributed by atoms with van der Waals surface area (Å²) in [5, 5.41) is 10.2. The Kier molecular flexibility index (Phi) is 4.72. The molecule has 0 N–H and O–H groups in total. The van der Waals surface area contributed by atoms with E-state index in [0.29, 0.717) is 46.6 Å². The van der Waals surface area contributed by atoms with Crippen LogP contribution >= 0.6 is 0 Å². The van der Waals surface area contributed by atoms with Crippen molar-refractivity contribution in [2.24, 2.45) is 0 Å². The molecule has 3 rings (SSSR count). The van der Waals surface area contributed by atoms with E-state index in [0.717, 1.165) is 0 Å². The molecule has 26 heavy (non-hydrogen) atoms. The Morgan fingerprint density at radius 1 is 1.19 bits per heavy atom. The van der Waals surface area contributed by atoms with Crippen LogP contribution in [0.2, 0.25) is 0 Å². The van der Waals surface area contributed by atoms with Gasteiger partial charge in [0.15, 0.2) is 17.3 Å². The van der Waals surface area contributed by atoms with E-state index in [1.54, 1.807) is 45.6 Å². The molecule has 0 saturated carbocycles. The van der Waals surface area contributed by atoms with Crippen molar-refractivity contribution in [2.45, 2.75) is 25.7 Å². The fourth-order valence-corrected chi connectivity index (χ4v) is 3.20. The van der Waals surface area contributed by atoms with Crippen LogP contribution in [0.1, 0.15) is 30.4 Å². The Morgan fingerprint density at radius 2 is 2.00 bits per heavy atom. The van der Waals surface area contributed by atoms with Gasteiger partial charge >= 0.3 is 0 Å². The molecule has 1 atom stereocenters. The van der Waals surface area contributed by atoms with E-state index in [1.165, 1.54) is 0 Å². The van der Waals surface area contributed by atoms with Crippen LogP contribution in [0.3, 0.4) is 0 Å². The molecule has 3 aromatic rings. The van der Waals surface area contributed by atoms with Gasteiger partial charge in [-0.1, -0.05) is 19.1 Å². The van der Waals surface area contributed by atoms with Crippen molar-refractivity contribution in [1.29, 1.82) is 5.26 Å². The van der Waals surface area contributed by atoms with Gasteiger partial charge in [0.1, 0.15) is 16.9 Å². The highest BCUT2D eigenvalue weighted by atomic mass is 16.5. The number of nitrogens with zero attached hydrogens (tertiary/aromatic N) is 2. The molecular formula is C20H20N2O4. The van der Waals surface area contributed by atoms with Gasteiger partial charge in [0.2, 0.25) is 0 Å². The van der Waals surface area contributed by atoms with Crippen molar-refractivity contribution < 1.29 is 18.3 Å². The number of para-hydroxylation sites is 1. The van der Waals surface area contributed by atoms with E-state index >= 15 is 0 Å².